The molecule has 1 aromatic carbocycles. The molecule has 0 aliphatic carbocycles. The summed E-state index contributed by atoms with van der Waals surface area (Å²) in [5, 5.41) is 16.7. The summed E-state index contributed by atoms with van der Waals surface area (Å²) in [5.41, 5.74) is 0.253. The van der Waals surface area contributed by atoms with Gasteiger partial charge in [0.2, 0.25) is 0 Å². The van der Waals surface area contributed by atoms with Gasteiger partial charge in [-0.05, 0) is 36.8 Å². The molecule has 0 saturated heterocycles. The van der Waals surface area contributed by atoms with Crippen molar-refractivity contribution in [1.29, 1.82) is 0 Å². The maximum atomic E-state index is 13.0. The number of methoxy groups -OCH3 is 1. The fourth-order valence-corrected chi connectivity index (χ4v) is 2.75. The van der Waals surface area contributed by atoms with Gasteiger partial charge in [0.15, 0.2) is 5.72 Å². The first-order valence-corrected chi connectivity index (χ1v) is 7.76. The highest BCUT2D eigenvalue weighted by molar-refractivity contribution is 5.98. The van der Waals surface area contributed by atoms with Gasteiger partial charge < -0.3 is 9.84 Å². The van der Waals surface area contributed by atoms with Crippen LogP contribution < -0.4 is 4.74 Å². The van der Waals surface area contributed by atoms with Crippen LogP contribution in [0.3, 0.4) is 0 Å². The fourth-order valence-electron chi connectivity index (χ4n) is 2.75. The molecule has 1 amide bonds. The number of aliphatic hydroxyl groups is 1. The first-order valence-electron chi connectivity index (χ1n) is 7.76. The van der Waals surface area contributed by atoms with Gasteiger partial charge in [-0.3, -0.25) is 9.78 Å². The second kappa shape index (κ2) is 6.41. The standard InChI is InChI=1S/C18H19N3O3/c1-3-15-12-18(23,14-7-9-19-10-8-14)21(20-15)17(22)13-5-4-6-16(11-13)24-2/h4-11,23H,3,12H2,1-2H3/t18-/m0/s1. The molecule has 2 aromatic rings. The second-order valence-corrected chi connectivity index (χ2v) is 5.60. The number of rotatable bonds is 4. The van der Waals surface area contributed by atoms with Crippen molar-refractivity contribution in [2.24, 2.45) is 5.10 Å². The molecule has 0 spiro atoms. The Labute approximate surface area is 140 Å². The summed E-state index contributed by atoms with van der Waals surface area (Å²) < 4.78 is 5.17. The number of nitrogens with zero attached hydrogens (tertiary/aromatic N) is 3. The Morgan fingerprint density at radius 1 is 1.33 bits per heavy atom. The lowest BCUT2D eigenvalue weighted by molar-refractivity contribution is -0.0766. The minimum atomic E-state index is -1.51. The van der Waals surface area contributed by atoms with Crippen LogP contribution in [0.1, 0.15) is 35.7 Å². The van der Waals surface area contributed by atoms with Crippen molar-refractivity contribution in [3.05, 3.63) is 59.9 Å². The molecular weight excluding hydrogens is 306 g/mol. The van der Waals surface area contributed by atoms with Crippen LogP contribution in [0, 0.1) is 0 Å². The molecule has 1 aliphatic rings. The van der Waals surface area contributed by atoms with Gasteiger partial charge in [-0.15, -0.1) is 0 Å². The molecule has 2 heterocycles. The zero-order valence-corrected chi connectivity index (χ0v) is 13.6. The number of carbonyl (C=O) groups is 1. The van der Waals surface area contributed by atoms with E-state index in [0.717, 1.165) is 10.7 Å². The Balaban J connectivity index is 2.01. The van der Waals surface area contributed by atoms with E-state index in [2.05, 4.69) is 10.1 Å². The SMILES string of the molecule is CCC1=NN(C(=O)c2cccc(OC)c2)[C@@](O)(c2ccncc2)C1. The summed E-state index contributed by atoms with van der Waals surface area (Å²) >= 11 is 0. The van der Waals surface area contributed by atoms with Crippen LogP contribution in [0.15, 0.2) is 53.9 Å². The van der Waals surface area contributed by atoms with Crippen LogP contribution in [-0.4, -0.2) is 33.8 Å². The fraction of sp³-hybridized carbons (Fsp3) is 0.278. The van der Waals surface area contributed by atoms with Crippen molar-refractivity contribution in [3.8, 4) is 5.75 Å². The second-order valence-electron chi connectivity index (χ2n) is 5.60. The highest BCUT2D eigenvalue weighted by atomic mass is 16.5. The number of hydrogen-bond donors (Lipinski definition) is 1. The summed E-state index contributed by atoms with van der Waals surface area (Å²) in [6, 6.07) is 10.2. The van der Waals surface area contributed by atoms with Crippen LogP contribution in [0.2, 0.25) is 0 Å². The van der Waals surface area contributed by atoms with Crippen molar-refractivity contribution in [2.45, 2.75) is 25.5 Å². The maximum absolute atomic E-state index is 13.0. The van der Waals surface area contributed by atoms with Gasteiger partial charge in [0.1, 0.15) is 5.75 Å². The van der Waals surface area contributed by atoms with Crippen LogP contribution in [0.5, 0.6) is 5.75 Å². The summed E-state index contributed by atoms with van der Waals surface area (Å²) in [5.74, 6) is 0.198. The number of hydrazone groups is 1. The van der Waals surface area contributed by atoms with E-state index < -0.39 is 5.72 Å². The molecule has 0 radical (unpaired) electrons. The van der Waals surface area contributed by atoms with E-state index in [1.807, 2.05) is 6.92 Å². The third kappa shape index (κ3) is 2.76. The van der Waals surface area contributed by atoms with Crippen molar-refractivity contribution < 1.29 is 14.6 Å². The normalized spacial score (nSPS) is 20.0. The Hall–Kier alpha value is -2.73. The molecule has 6 nitrogen and oxygen atoms in total. The molecular formula is C18H19N3O3. The van der Waals surface area contributed by atoms with E-state index in [-0.39, 0.29) is 12.3 Å². The largest absolute Gasteiger partial charge is 0.497 e. The number of benzene rings is 1. The summed E-state index contributed by atoms with van der Waals surface area (Å²) in [6.07, 6.45) is 4.12. The van der Waals surface area contributed by atoms with Crippen molar-refractivity contribution in [2.75, 3.05) is 7.11 Å². The van der Waals surface area contributed by atoms with Crippen molar-refractivity contribution >= 4 is 11.6 Å². The lowest BCUT2D eigenvalue weighted by Gasteiger charge is -2.31. The molecule has 1 atom stereocenters. The number of pyridine rings is 1. The van der Waals surface area contributed by atoms with Crippen molar-refractivity contribution in [1.82, 2.24) is 9.99 Å². The molecule has 6 heteroatoms. The smallest absolute Gasteiger partial charge is 0.277 e. The number of hydrogen-bond acceptors (Lipinski definition) is 5. The maximum Gasteiger partial charge on any atom is 0.277 e. The number of amides is 1. The Kier molecular flexibility index (Phi) is 4.31. The van der Waals surface area contributed by atoms with E-state index in [4.69, 9.17) is 4.74 Å². The third-order valence-corrected chi connectivity index (χ3v) is 4.10. The number of aromatic nitrogens is 1. The molecule has 1 N–H and O–H groups in total. The van der Waals surface area contributed by atoms with Crippen LogP contribution in [-0.2, 0) is 5.72 Å². The molecule has 124 valence electrons. The number of carbonyl (C=O) groups excluding carboxylic acids is 1. The average molecular weight is 325 g/mol. The highest BCUT2D eigenvalue weighted by Crippen LogP contribution is 2.37. The highest BCUT2D eigenvalue weighted by Gasteiger charge is 2.45. The van der Waals surface area contributed by atoms with Gasteiger partial charge in [-0.25, -0.2) is 0 Å². The molecule has 0 unspecified atom stereocenters. The molecule has 1 aromatic heterocycles. The Bertz CT molecular complexity index is 776. The summed E-state index contributed by atoms with van der Waals surface area (Å²) in [7, 11) is 1.54. The quantitative estimate of drug-likeness (QED) is 0.937. The van der Waals surface area contributed by atoms with Gasteiger partial charge >= 0.3 is 0 Å². The summed E-state index contributed by atoms with van der Waals surface area (Å²) in [4.78, 5) is 16.9. The van der Waals surface area contributed by atoms with E-state index in [9.17, 15) is 9.90 Å². The lowest BCUT2D eigenvalue weighted by Crippen LogP contribution is -2.43. The van der Waals surface area contributed by atoms with Gasteiger partial charge in [0, 0.05) is 35.7 Å². The average Bonchev–Trinajstić information content (AvgIpc) is 3.00. The minimum absolute atomic E-state index is 0.281. The Morgan fingerprint density at radius 3 is 2.75 bits per heavy atom. The monoisotopic (exact) mass is 325 g/mol. The van der Waals surface area contributed by atoms with Crippen molar-refractivity contribution in [3.63, 3.8) is 0 Å². The van der Waals surface area contributed by atoms with E-state index in [1.165, 1.54) is 0 Å². The molecule has 1 aliphatic heterocycles. The zero-order chi connectivity index (χ0) is 17.2. The first kappa shape index (κ1) is 16.1. The molecule has 0 bridgehead atoms. The predicted molar refractivity (Wildman–Crippen MR) is 89.6 cm³/mol. The van der Waals surface area contributed by atoms with Gasteiger partial charge in [-0.1, -0.05) is 13.0 Å². The van der Waals surface area contributed by atoms with Gasteiger partial charge in [0.05, 0.1) is 7.11 Å². The first-order chi connectivity index (χ1) is 11.6. The number of ether oxygens (including phenoxy) is 1. The zero-order valence-electron chi connectivity index (χ0n) is 13.6. The molecule has 24 heavy (non-hydrogen) atoms. The lowest BCUT2D eigenvalue weighted by atomic mass is 9.97. The van der Waals surface area contributed by atoms with E-state index in [0.29, 0.717) is 23.3 Å². The summed E-state index contributed by atoms with van der Waals surface area (Å²) in [6.45, 7) is 1.95. The van der Waals surface area contributed by atoms with Gasteiger partial charge in [-0.2, -0.15) is 10.1 Å². The molecule has 3 rings (SSSR count). The molecule has 0 saturated carbocycles. The van der Waals surface area contributed by atoms with Crippen LogP contribution in [0.4, 0.5) is 0 Å². The van der Waals surface area contributed by atoms with Gasteiger partial charge in [0.25, 0.3) is 5.91 Å². The predicted octanol–water partition coefficient (Wildman–Crippen LogP) is 2.55. The third-order valence-electron chi connectivity index (χ3n) is 4.10. The van der Waals surface area contributed by atoms with E-state index >= 15 is 0 Å². The topological polar surface area (TPSA) is 75.0 Å². The Morgan fingerprint density at radius 2 is 2.08 bits per heavy atom. The minimum Gasteiger partial charge on any atom is -0.497 e. The molecule has 0 fully saturated rings. The van der Waals surface area contributed by atoms with E-state index in [1.54, 1.807) is 55.9 Å². The van der Waals surface area contributed by atoms with Crippen LogP contribution in [0.25, 0.3) is 0 Å². The van der Waals surface area contributed by atoms with Crippen LogP contribution >= 0.6 is 0 Å².